The van der Waals surface area contributed by atoms with Gasteiger partial charge < -0.3 is 15.4 Å². The highest BCUT2D eigenvalue weighted by Crippen LogP contribution is 2.22. The molecule has 0 heterocycles. The van der Waals surface area contributed by atoms with Gasteiger partial charge in [0, 0.05) is 28.8 Å². The Morgan fingerprint density at radius 3 is 2.26 bits per heavy atom. The van der Waals surface area contributed by atoms with E-state index >= 15 is 0 Å². The van der Waals surface area contributed by atoms with Gasteiger partial charge in [-0.1, -0.05) is 23.2 Å². The maximum atomic E-state index is 11.4. The molecular formula is C13H18Cl2N2O2. The zero-order valence-electron chi connectivity index (χ0n) is 11.2. The first-order chi connectivity index (χ1) is 8.76. The van der Waals surface area contributed by atoms with Crippen molar-refractivity contribution in [3.63, 3.8) is 0 Å². The molecule has 4 nitrogen and oxygen atoms in total. The number of alkyl carbamates (subject to hydrolysis) is 1. The molecule has 0 spiro atoms. The largest absolute Gasteiger partial charge is 0.444 e. The highest BCUT2D eigenvalue weighted by Gasteiger charge is 2.15. The van der Waals surface area contributed by atoms with E-state index < -0.39 is 11.7 Å². The predicted molar refractivity (Wildman–Crippen MR) is 79.2 cm³/mol. The number of nitrogens with one attached hydrogen (secondary N) is 2. The fraction of sp³-hybridized carbons (Fsp3) is 0.462. The number of ether oxygens (including phenoxy) is 1. The summed E-state index contributed by atoms with van der Waals surface area (Å²) in [5, 5.41) is 6.88. The summed E-state index contributed by atoms with van der Waals surface area (Å²) < 4.78 is 5.11. The van der Waals surface area contributed by atoms with Gasteiger partial charge in [-0.2, -0.15) is 0 Å². The van der Waals surface area contributed by atoms with Gasteiger partial charge in [0.05, 0.1) is 0 Å². The number of rotatable bonds is 4. The van der Waals surface area contributed by atoms with Crippen molar-refractivity contribution in [2.45, 2.75) is 26.4 Å². The highest BCUT2D eigenvalue weighted by atomic mass is 35.5. The van der Waals surface area contributed by atoms with Crippen molar-refractivity contribution >= 4 is 35.0 Å². The number of carbonyl (C=O) groups is 1. The van der Waals surface area contributed by atoms with E-state index in [1.165, 1.54) is 0 Å². The van der Waals surface area contributed by atoms with Crippen LogP contribution in [0.4, 0.5) is 10.5 Å². The fourth-order valence-corrected chi connectivity index (χ4v) is 1.87. The van der Waals surface area contributed by atoms with Crippen LogP contribution >= 0.6 is 23.2 Å². The molecule has 0 aliphatic carbocycles. The smallest absolute Gasteiger partial charge is 0.407 e. The standard InChI is InChI=1S/C13H18Cl2N2O2/c1-13(2,3)19-12(18)17-5-4-16-11-7-9(14)6-10(15)8-11/h6-8,16H,4-5H2,1-3H3,(H,17,18). The molecule has 0 bridgehead atoms. The number of halogens is 2. The molecule has 2 N–H and O–H groups in total. The molecule has 0 unspecified atom stereocenters. The maximum absolute atomic E-state index is 11.4. The second kappa shape index (κ2) is 6.87. The first-order valence-electron chi connectivity index (χ1n) is 5.93. The molecule has 0 aliphatic heterocycles. The summed E-state index contributed by atoms with van der Waals surface area (Å²) in [6.07, 6.45) is -0.432. The Morgan fingerprint density at radius 2 is 1.74 bits per heavy atom. The molecule has 1 amide bonds. The van der Waals surface area contributed by atoms with Crippen LogP contribution in [0.5, 0.6) is 0 Å². The monoisotopic (exact) mass is 304 g/mol. The normalized spacial score (nSPS) is 11.0. The lowest BCUT2D eigenvalue weighted by Gasteiger charge is -2.19. The topological polar surface area (TPSA) is 50.4 Å². The van der Waals surface area contributed by atoms with E-state index in [4.69, 9.17) is 27.9 Å². The van der Waals surface area contributed by atoms with Crippen LogP contribution < -0.4 is 10.6 Å². The van der Waals surface area contributed by atoms with Crippen molar-refractivity contribution in [3.05, 3.63) is 28.2 Å². The minimum Gasteiger partial charge on any atom is -0.444 e. The highest BCUT2D eigenvalue weighted by molar-refractivity contribution is 6.35. The molecule has 19 heavy (non-hydrogen) atoms. The molecule has 1 aromatic carbocycles. The average Bonchev–Trinajstić information content (AvgIpc) is 2.20. The van der Waals surface area contributed by atoms with Gasteiger partial charge >= 0.3 is 6.09 Å². The first kappa shape index (κ1) is 15.9. The third-order valence-electron chi connectivity index (χ3n) is 1.98. The second-order valence-electron chi connectivity index (χ2n) is 5.01. The number of hydrogen-bond acceptors (Lipinski definition) is 3. The van der Waals surface area contributed by atoms with Gasteiger partial charge in [0.25, 0.3) is 0 Å². The van der Waals surface area contributed by atoms with E-state index in [1.54, 1.807) is 18.2 Å². The number of amides is 1. The minimum absolute atomic E-state index is 0.432. The number of hydrogen-bond donors (Lipinski definition) is 2. The fourth-order valence-electron chi connectivity index (χ4n) is 1.34. The van der Waals surface area contributed by atoms with E-state index in [2.05, 4.69) is 10.6 Å². The van der Waals surface area contributed by atoms with Crippen LogP contribution in [0.1, 0.15) is 20.8 Å². The maximum Gasteiger partial charge on any atom is 0.407 e. The van der Waals surface area contributed by atoms with Crippen LogP contribution in [0.3, 0.4) is 0 Å². The van der Waals surface area contributed by atoms with E-state index in [1.807, 2.05) is 20.8 Å². The molecule has 106 valence electrons. The predicted octanol–water partition coefficient (Wildman–Crippen LogP) is 3.93. The van der Waals surface area contributed by atoms with E-state index in [9.17, 15) is 4.79 Å². The number of anilines is 1. The molecule has 0 aliphatic rings. The Labute approximate surface area is 123 Å². The third-order valence-corrected chi connectivity index (χ3v) is 2.42. The van der Waals surface area contributed by atoms with E-state index in [0.29, 0.717) is 23.1 Å². The summed E-state index contributed by atoms with van der Waals surface area (Å²) in [5.41, 5.74) is 0.321. The SMILES string of the molecule is CC(C)(C)OC(=O)NCCNc1cc(Cl)cc(Cl)c1. The van der Waals surface area contributed by atoms with E-state index in [-0.39, 0.29) is 0 Å². The van der Waals surface area contributed by atoms with Gasteiger partial charge in [-0.3, -0.25) is 0 Å². The van der Waals surface area contributed by atoms with Crippen molar-refractivity contribution in [3.8, 4) is 0 Å². The lowest BCUT2D eigenvalue weighted by molar-refractivity contribution is 0.0530. The Kier molecular flexibility index (Phi) is 5.76. The van der Waals surface area contributed by atoms with Gasteiger partial charge in [-0.15, -0.1) is 0 Å². The van der Waals surface area contributed by atoms with Crippen LogP contribution in [0.25, 0.3) is 0 Å². The number of carbonyl (C=O) groups excluding carboxylic acids is 1. The zero-order valence-corrected chi connectivity index (χ0v) is 12.7. The van der Waals surface area contributed by atoms with Crippen molar-refractivity contribution in [1.82, 2.24) is 5.32 Å². The average molecular weight is 305 g/mol. The lowest BCUT2D eigenvalue weighted by Crippen LogP contribution is -2.34. The van der Waals surface area contributed by atoms with Crippen LogP contribution in [0.2, 0.25) is 10.0 Å². The van der Waals surface area contributed by atoms with Gasteiger partial charge in [0.1, 0.15) is 5.60 Å². The van der Waals surface area contributed by atoms with Crippen LogP contribution in [0.15, 0.2) is 18.2 Å². The molecule has 6 heteroatoms. The van der Waals surface area contributed by atoms with Crippen LogP contribution in [-0.4, -0.2) is 24.8 Å². The summed E-state index contributed by atoms with van der Waals surface area (Å²) in [4.78, 5) is 11.4. The molecular weight excluding hydrogens is 287 g/mol. The second-order valence-corrected chi connectivity index (χ2v) is 5.89. The molecule has 1 rings (SSSR count). The molecule has 0 radical (unpaired) electrons. The quantitative estimate of drug-likeness (QED) is 0.829. The summed E-state index contributed by atoms with van der Waals surface area (Å²) in [7, 11) is 0. The van der Waals surface area contributed by atoms with Gasteiger partial charge in [0.2, 0.25) is 0 Å². The van der Waals surface area contributed by atoms with Crippen molar-refractivity contribution in [2.24, 2.45) is 0 Å². The Morgan fingerprint density at radius 1 is 1.16 bits per heavy atom. The van der Waals surface area contributed by atoms with Crippen molar-refractivity contribution in [2.75, 3.05) is 18.4 Å². The molecule has 0 aromatic heterocycles. The Balaban J connectivity index is 2.29. The minimum atomic E-state index is -0.488. The summed E-state index contributed by atoms with van der Waals surface area (Å²) in [5.74, 6) is 0. The van der Waals surface area contributed by atoms with Crippen molar-refractivity contribution in [1.29, 1.82) is 0 Å². The summed E-state index contributed by atoms with van der Waals surface area (Å²) in [6, 6.07) is 5.19. The molecule has 0 saturated heterocycles. The van der Waals surface area contributed by atoms with Crippen LogP contribution in [0, 0.1) is 0 Å². The molecule has 0 saturated carbocycles. The molecule has 0 atom stereocenters. The van der Waals surface area contributed by atoms with Gasteiger partial charge in [0.15, 0.2) is 0 Å². The lowest BCUT2D eigenvalue weighted by atomic mass is 10.2. The van der Waals surface area contributed by atoms with Crippen LogP contribution in [-0.2, 0) is 4.74 Å². The summed E-state index contributed by atoms with van der Waals surface area (Å²) in [6.45, 7) is 6.45. The molecule has 1 aromatic rings. The van der Waals surface area contributed by atoms with E-state index in [0.717, 1.165) is 5.69 Å². The summed E-state index contributed by atoms with van der Waals surface area (Å²) >= 11 is 11.7. The molecule has 0 fully saturated rings. The van der Waals surface area contributed by atoms with Crippen molar-refractivity contribution < 1.29 is 9.53 Å². The van der Waals surface area contributed by atoms with Gasteiger partial charge in [-0.25, -0.2) is 4.79 Å². The number of benzene rings is 1. The van der Waals surface area contributed by atoms with Gasteiger partial charge in [-0.05, 0) is 39.0 Å². The Bertz CT molecular complexity index is 425. The third kappa shape index (κ3) is 7.13. The Hall–Kier alpha value is -1.13. The first-order valence-corrected chi connectivity index (χ1v) is 6.69. The zero-order chi connectivity index (χ0) is 14.5.